The standard InChI is InChI=1S/C11H11FN2O/c1-11(2)6-14-9-4-8(12)3-7(5-13)10(9)15-11/h3-4,14H,6H2,1-2H3. The van der Waals surface area contributed by atoms with Gasteiger partial charge in [-0.05, 0) is 19.9 Å². The molecule has 0 unspecified atom stereocenters. The summed E-state index contributed by atoms with van der Waals surface area (Å²) in [6.07, 6.45) is 0. The van der Waals surface area contributed by atoms with E-state index in [9.17, 15) is 4.39 Å². The van der Waals surface area contributed by atoms with Gasteiger partial charge < -0.3 is 10.1 Å². The van der Waals surface area contributed by atoms with E-state index in [0.717, 1.165) is 0 Å². The first kappa shape index (κ1) is 9.78. The summed E-state index contributed by atoms with van der Waals surface area (Å²) in [7, 11) is 0. The van der Waals surface area contributed by atoms with Gasteiger partial charge in [-0.15, -0.1) is 0 Å². The Balaban J connectivity index is 2.54. The number of anilines is 1. The molecule has 0 aromatic heterocycles. The molecule has 0 radical (unpaired) electrons. The monoisotopic (exact) mass is 206 g/mol. The average Bonchev–Trinajstić information content (AvgIpc) is 2.17. The van der Waals surface area contributed by atoms with Gasteiger partial charge in [0.1, 0.15) is 17.5 Å². The van der Waals surface area contributed by atoms with E-state index >= 15 is 0 Å². The lowest BCUT2D eigenvalue weighted by Crippen LogP contribution is -2.40. The van der Waals surface area contributed by atoms with E-state index in [1.807, 2.05) is 19.9 Å². The van der Waals surface area contributed by atoms with Crippen LogP contribution in [0.3, 0.4) is 0 Å². The zero-order chi connectivity index (χ0) is 11.1. The Morgan fingerprint density at radius 2 is 2.27 bits per heavy atom. The smallest absolute Gasteiger partial charge is 0.161 e. The Morgan fingerprint density at radius 3 is 2.93 bits per heavy atom. The van der Waals surface area contributed by atoms with Crippen molar-refractivity contribution in [2.75, 3.05) is 11.9 Å². The number of hydrogen-bond donors (Lipinski definition) is 1. The lowest BCUT2D eigenvalue weighted by atomic mass is 10.1. The van der Waals surface area contributed by atoms with Crippen molar-refractivity contribution < 1.29 is 9.13 Å². The number of hydrogen-bond acceptors (Lipinski definition) is 3. The van der Waals surface area contributed by atoms with E-state index in [-0.39, 0.29) is 11.2 Å². The summed E-state index contributed by atoms with van der Waals surface area (Å²) in [5, 5.41) is 11.9. The molecule has 0 amide bonds. The number of rotatable bonds is 0. The number of ether oxygens (including phenoxy) is 1. The molecule has 4 heteroatoms. The van der Waals surface area contributed by atoms with Gasteiger partial charge in [-0.1, -0.05) is 0 Å². The minimum Gasteiger partial charge on any atom is -0.482 e. The fourth-order valence-corrected chi connectivity index (χ4v) is 1.54. The first-order valence-electron chi connectivity index (χ1n) is 4.68. The molecule has 0 saturated heterocycles. The predicted octanol–water partition coefficient (Wildman–Crippen LogP) is 2.28. The molecule has 0 fully saturated rings. The molecular formula is C11H11FN2O. The van der Waals surface area contributed by atoms with Crippen molar-refractivity contribution in [2.24, 2.45) is 0 Å². The van der Waals surface area contributed by atoms with E-state index in [1.54, 1.807) is 0 Å². The van der Waals surface area contributed by atoms with Crippen molar-refractivity contribution >= 4 is 5.69 Å². The van der Waals surface area contributed by atoms with Gasteiger partial charge in [-0.25, -0.2) is 4.39 Å². The van der Waals surface area contributed by atoms with Gasteiger partial charge in [0.2, 0.25) is 0 Å². The molecule has 0 saturated carbocycles. The number of nitrogens with one attached hydrogen (secondary N) is 1. The van der Waals surface area contributed by atoms with E-state index in [2.05, 4.69) is 5.32 Å². The average molecular weight is 206 g/mol. The van der Waals surface area contributed by atoms with Crippen LogP contribution in [-0.2, 0) is 0 Å². The van der Waals surface area contributed by atoms with Gasteiger partial charge in [0.05, 0.1) is 17.8 Å². The van der Waals surface area contributed by atoms with E-state index < -0.39 is 5.82 Å². The van der Waals surface area contributed by atoms with Gasteiger partial charge in [0.25, 0.3) is 0 Å². The van der Waals surface area contributed by atoms with Gasteiger partial charge in [0.15, 0.2) is 5.75 Å². The van der Waals surface area contributed by atoms with Crippen LogP contribution < -0.4 is 10.1 Å². The van der Waals surface area contributed by atoms with E-state index in [0.29, 0.717) is 18.0 Å². The Hall–Kier alpha value is -1.76. The molecule has 78 valence electrons. The summed E-state index contributed by atoms with van der Waals surface area (Å²) in [5.74, 6) is 0.0104. The second-order valence-corrected chi connectivity index (χ2v) is 4.16. The molecule has 15 heavy (non-hydrogen) atoms. The summed E-state index contributed by atoms with van der Waals surface area (Å²) < 4.78 is 18.7. The van der Waals surface area contributed by atoms with Crippen LogP contribution in [0.15, 0.2) is 12.1 Å². The number of nitrogens with zero attached hydrogens (tertiary/aromatic N) is 1. The van der Waals surface area contributed by atoms with Gasteiger partial charge in [-0.2, -0.15) is 5.26 Å². The normalized spacial score (nSPS) is 16.9. The van der Waals surface area contributed by atoms with Crippen molar-refractivity contribution in [1.82, 2.24) is 0 Å². The van der Waals surface area contributed by atoms with Crippen molar-refractivity contribution in [3.05, 3.63) is 23.5 Å². The topological polar surface area (TPSA) is 45.0 Å². The molecule has 1 heterocycles. The van der Waals surface area contributed by atoms with Crippen LogP contribution in [0.2, 0.25) is 0 Å². The Kier molecular flexibility index (Phi) is 2.04. The third kappa shape index (κ3) is 1.73. The molecule has 3 nitrogen and oxygen atoms in total. The number of nitriles is 1. The second kappa shape index (κ2) is 3.13. The van der Waals surface area contributed by atoms with Crippen molar-refractivity contribution in [2.45, 2.75) is 19.4 Å². The van der Waals surface area contributed by atoms with E-state index in [1.165, 1.54) is 12.1 Å². The molecule has 1 aromatic carbocycles. The summed E-state index contributed by atoms with van der Waals surface area (Å²) >= 11 is 0. The van der Waals surface area contributed by atoms with Crippen LogP contribution in [0.4, 0.5) is 10.1 Å². The summed E-state index contributed by atoms with van der Waals surface area (Å²) in [4.78, 5) is 0. The van der Waals surface area contributed by atoms with Crippen molar-refractivity contribution in [3.8, 4) is 11.8 Å². The van der Waals surface area contributed by atoms with Crippen LogP contribution in [0, 0.1) is 17.1 Å². The third-order valence-corrected chi connectivity index (χ3v) is 2.26. The fourth-order valence-electron chi connectivity index (χ4n) is 1.54. The molecule has 1 N–H and O–H groups in total. The number of halogens is 1. The predicted molar refractivity (Wildman–Crippen MR) is 54.3 cm³/mol. The molecule has 0 atom stereocenters. The molecule has 0 bridgehead atoms. The quantitative estimate of drug-likeness (QED) is 0.708. The zero-order valence-electron chi connectivity index (χ0n) is 8.60. The Bertz CT molecular complexity index is 449. The Morgan fingerprint density at radius 1 is 1.53 bits per heavy atom. The molecule has 0 aliphatic carbocycles. The maximum atomic E-state index is 13.1. The molecule has 0 spiro atoms. The molecule has 1 aliphatic heterocycles. The maximum Gasteiger partial charge on any atom is 0.161 e. The lowest BCUT2D eigenvalue weighted by molar-refractivity contribution is 0.115. The highest BCUT2D eigenvalue weighted by Gasteiger charge is 2.28. The first-order valence-corrected chi connectivity index (χ1v) is 4.68. The van der Waals surface area contributed by atoms with E-state index in [4.69, 9.17) is 10.00 Å². The van der Waals surface area contributed by atoms with Crippen molar-refractivity contribution in [1.29, 1.82) is 5.26 Å². The number of benzene rings is 1. The largest absolute Gasteiger partial charge is 0.482 e. The Labute approximate surface area is 87.5 Å². The second-order valence-electron chi connectivity index (χ2n) is 4.16. The third-order valence-electron chi connectivity index (χ3n) is 2.26. The summed E-state index contributed by atoms with van der Waals surface area (Å²) in [6.45, 7) is 4.41. The molecular weight excluding hydrogens is 195 g/mol. The SMILES string of the molecule is CC1(C)CNc2cc(F)cc(C#N)c2O1. The maximum absolute atomic E-state index is 13.1. The molecule has 1 aliphatic rings. The minimum atomic E-state index is -0.430. The highest BCUT2D eigenvalue weighted by atomic mass is 19.1. The van der Waals surface area contributed by atoms with Gasteiger partial charge >= 0.3 is 0 Å². The minimum absolute atomic E-state index is 0.227. The van der Waals surface area contributed by atoms with Gasteiger partial charge in [-0.3, -0.25) is 0 Å². The van der Waals surface area contributed by atoms with Crippen LogP contribution in [0.5, 0.6) is 5.75 Å². The molecule has 1 aromatic rings. The lowest BCUT2D eigenvalue weighted by Gasteiger charge is -2.33. The number of fused-ring (bicyclic) bond motifs is 1. The zero-order valence-corrected chi connectivity index (χ0v) is 8.60. The van der Waals surface area contributed by atoms with Crippen LogP contribution in [0.25, 0.3) is 0 Å². The van der Waals surface area contributed by atoms with Crippen LogP contribution in [-0.4, -0.2) is 12.1 Å². The summed E-state index contributed by atoms with van der Waals surface area (Å²) in [6, 6.07) is 4.45. The van der Waals surface area contributed by atoms with Gasteiger partial charge in [0, 0.05) is 6.07 Å². The fraction of sp³-hybridized carbons (Fsp3) is 0.364. The van der Waals surface area contributed by atoms with Crippen LogP contribution >= 0.6 is 0 Å². The highest BCUT2D eigenvalue weighted by Crippen LogP contribution is 2.36. The molecule has 2 rings (SSSR count). The van der Waals surface area contributed by atoms with Crippen LogP contribution in [0.1, 0.15) is 19.4 Å². The van der Waals surface area contributed by atoms with Crippen molar-refractivity contribution in [3.63, 3.8) is 0 Å². The highest BCUT2D eigenvalue weighted by molar-refractivity contribution is 5.65. The summed E-state index contributed by atoms with van der Waals surface area (Å²) in [5.41, 5.74) is 0.396. The first-order chi connectivity index (χ1) is 7.02.